The number of anilines is 3. The molecule has 0 atom stereocenters. The maximum Gasteiger partial charge on any atom is 0.255 e. The lowest BCUT2D eigenvalue weighted by atomic mass is 10.2. The number of ether oxygens (including phenoxy) is 1. The van der Waals surface area contributed by atoms with E-state index >= 15 is 0 Å². The monoisotopic (exact) mass is 496 g/mol. The van der Waals surface area contributed by atoms with Crippen molar-refractivity contribution in [2.45, 2.75) is 11.8 Å². The Kier molecular flexibility index (Phi) is 8.10. The van der Waals surface area contributed by atoms with Crippen molar-refractivity contribution in [3.05, 3.63) is 77.9 Å². The number of amides is 2. The standard InChI is InChI=1S/C25H28N4O5S/c1-17-5-8-21(15-23(17)35(32,33)29(2)3)27-24(30)16-26-19-9-6-18(7-10-19)25(31)28-20-11-13-22(34-4)14-12-20/h5-15,26H,16H2,1-4H3,(H,27,30)(H,28,31). The molecule has 0 spiro atoms. The molecule has 0 fully saturated rings. The second-order valence-corrected chi connectivity index (χ2v) is 10.0. The van der Waals surface area contributed by atoms with Gasteiger partial charge in [0.2, 0.25) is 15.9 Å². The van der Waals surface area contributed by atoms with E-state index in [0.29, 0.717) is 33.9 Å². The summed E-state index contributed by atoms with van der Waals surface area (Å²) in [7, 11) is 0.859. The predicted octanol–water partition coefficient (Wildman–Crippen LogP) is 3.56. The zero-order chi connectivity index (χ0) is 25.6. The van der Waals surface area contributed by atoms with Gasteiger partial charge in [0.15, 0.2) is 0 Å². The number of sulfonamides is 1. The molecule has 0 aliphatic heterocycles. The van der Waals surface area contributed by atoms with Crippen LogP contribution in [-0.2, 0) is 14.8 Å². The van der Waals surface area contributed by atoms with Gasteiger partial charge in [-0.15, -0.1) is 0 Å². The zero-order valence-electron chi connectivity index (χ0n) is 20.0. The van der Waals surface area contributed by atoms with E-state index in [1.807, 2.05) is 0 Å². The average molecular weight is 497 g/mol. The Morgan fingerprint density at radius 3 is 2.06 bits per heavy atom. The minimum Gasteiger partial charge on any atom is -0.497 e. The molecule has 0 aliphatic carbocycles. The SMILES string of the molecule is COc1ccc(NC(=O)c2ccc(NCC(=O)Nc3ccc(C)c(S(=O)(=O)N(C)C)c3)cc2)cc1. The summed E-state index contributed by atoms with van der Waals surface area (Å²) in [6.07, 6.45) is 0. The number of methoxy groups -OCH3 is 1. The highest BCUT2D eigenvalue weighted by molar-refractivity contribution is 7.89. The number of hydrogen-bond donors (Lipinski definition) is 3. The first kappa shape index (κ1) is 25.7. The highest BCUT2D eigenvalue weighted by Crippen LogP contribution is 2.22. The van der Waals surface area contributed by atoms with E-state index in [1.165, 1.54) is 20.2 Å². The maximum absolute atomic E-state index is 12.5. The number of aryl methyl sites for hydroxylation is 1. The molecule has 0 bridgehead atoms. The van der Waals surface area contributed by atoms with Gasteiger partial charge in [-0.1, -0.05) is 6.07 Å². The molecule has 2 amide bonds. The van der Waals surface area contributed by atoms with Crippen molar-refractivity contribution in [3.63, 3.8) is 0 Å². The van der Waals surface area contributed by atoms with Crippen LogP contribution in [0.2, 0.25) is 0 Å². The Morgan fingerprint density at radius 1 is 0.857 bits per heavy atom. The van der Waals surface area contributed by atoms with Crippen LogP contribution in [0.5, 0.6) is 5.75 Å². The number of nitrogens with one attached hydrogen (secondary N) is 3. The molecule has 0 unspecified atom stereocenters. The van der Waals surface area contributed by atoms with Gasteiger partial charge in [0.05, 0.1) is 18.6 Å². The quantitative estimate of drug-likeness (QED) is 0.417. The van der Waals surface area contributed by atoms with Gasteiger partial charge in [0.1, 0.15) is 5.75 Å². The first-order chi connectivity index (χ1) is 16.6. The minimum absolute atomic E-state index is 0.0406. The second kappa shape index (κ2) is 11.0. The Labute approximate surface area is 205 Å². The molecule has 10 heteroatoms. The molecule has 184 valence electrons. The molecule has 3 rings (SSSR count). The molecule has 0 radical (unpaired) electrons. The molecule has 0 saturated carbocycles. The van der Waals surface area contributed by atoms with E-state index in [1.54, 1.807) is 74.7 Å². The molecular formula is C25H28N4O5S. The topological polar surface area (TPSA) is 117 Å². The van der Waals surface area contributed by atoms with Crippen LogP contribution >= 0.6 is 0 Å². The fourth-order valence-electron chi connectivity index (χ4n) is 3.16. The molecule has 0 heterocycles. The van der Waals surface area contributed by atoms with Gasteiger partial charge in [0, 0.05) is 36.7 Å². The van der Waals surface area contributed by atoms with Crippen LogP contribution in [0.3, 0.4) is 0 Å². The van der Waals surface area contributed by atoms with E-state index < -0.39 is 10.0 Å². The van der Waals surface area contributed by atoms with E-state index in [4.69, 9.17) is 4.74 Å². The number of nitrogens with zero attached hydrogens (tertiary/aromatic N) is 1. The molecule has 0 saturated heterocycles. The third-order valence-corrected chi connectivity index (χ3v) is 7.14. The maximum atomic E-state index is 12.5. The van der Waals surface area contributed by atoms with E-state index in [9.17, 15) is 18.0 Å². The van der Waals surface area contributed by atoms with Crippen molar-refractivity contribution < 1.29 is 22.7 Å². The first-order valence-electron chi connectivity index (χ1n) is 10.7. The predicted molar refractivity (Wildman–Crippen MR) is 137 cm³/mol. The second-order valence-electron chi connectivity index (χ2n) is 7.93. The van der Waals surface area contributed by atoms with Crippen LogP contribution < -0.4 is 20.7 Å². The Balaban J connectivity index is 1.56. The summed E-state index contributed by atoms with van der Waals surface area (Å²) in [5.74, 6) is 0.0922. The van der Waals surface area contributed by atoms with Gasteiger partial charge in [-0.2, -0.15) is 0 Å². The fourth-order valence-corrected chi connectivity index (χ4v) is 4.30. The van der Waals surface area contributed by atoms with Crippen molar-refractivity contribution in [1.82, 2.24) is 4.31 Å². The molecule has 3 aromatic carbocycles. The van der Waals surface area contributed by atoms with Crippen LogP contribution in [0.25, 0.3) is 0 Å². The van der Waals surface area contributed by atoms with E-state index in [0.717, 1.165) is 4.31 Å². The molecule has 3 aromatic rings. The van der Waals surface area contributed by atoms with Gasteiger partial charge in [-0.25, -0.2) is 12.7 Å². The summed E-state index contributed by atoms with van der Waals surface area (Å²) in [5.41, 5.74) is 2.73. The van der Waals surface area contributed by atoms with E-state index in [-0.39, 0.29) is 23.3 Å². The van der Waals surface area contributed by atoms with Gasteiger partial charge >= 0.3 is 0 Å². The summed E-state index contributed by atoms with van der Waals surface area (Å²) in [6.45, 7) is 1.66. The number of hydrogen-bond acceptors (Lipinski definition) is 6. The van der Waals surface area contributed by atoms with Crippen LogP contribution in [0.4, 0.5) is 17.1 Å². The first-order valence-corrected chi connectivity index (χ1v) is 12.2. The molecular weight excluding hydrogens is 468 g/mol. The van der Waals surface area contributed by atoms with Crippen molar-refractivity contribution >= 4 is 38.9 Å². The third kappa shape index (κ3) is 6.58. The van der Waals surface area contributed by atoms with Crippen LogP contribution in [-0.4, -0.2) is 52.3 Å². The summed E-state index contributed by atoms with van der Waals surface area (Å²) in [6, 6.07) is 18.4. The van der Waals surface area contributed by atoms with Crippen LogP contribution in [0.15, 0.2) is 71.6 Å². The van der Waals surface area contributed by atoms with Crippen molar-refractivity contribution in [3.8, 4) is 5.75 Å². The summed E-state index contributed by atoms with van der Waals surface area (Å²) in [4.78, 5) is 25.0. The lowest BCUT2D eigenvalue weighted by Crippen LogP contribution is -2.24. The zero-order valence-corrected chi connectivity index (χ0v) is 20.8. The Hall–Kier alpha value is -3.89. The molecule has 0 aromatic heterocycles. The fraction of sp³-hybridized carbons (Fsp3) is 0.200. The van der Waals surface area contributed by atoms with Gasteiger partial charge in [-0.05, 0) is 73.2 Å². The summed E-state index contributed by atoms with van der Waals surface area (Å²) >= 11 is 0. The smallest absolute Gasteiger partial charge is 0.255 e. The number of rotatable bonds is 9. The number of carbonyl (C=O) groups excluding carboxylic acids is 2. The van der Waals surface area contributed by atoms with Crippen molar-refractivity contribution in [2.75, 3.05) is 43.7 Å². The Bertz CT molecular complexity index is 1300. The Morgan fingerprint density at radius 2 is 1.46 bits per heavy atom. The van der Waals surface area contributed by atoms with Crippen LogP contribution in [0, 0.1) is 6.92 Å². The normalized spacial score (nSPS) is 11.1. The average Bonchev–Trinajstić information content (AvgIpc) is 2.84. The summed E-state index contributed by atoms with van der Waals surface area (Å²) in [5, 5.41) is 8.49. The number of carbonyl (C=O) groups is 2. The highest BCUT2D eigenvalue weighted by atomic mass is 32.2. The van der Waals surface area contributed by atoms with Crippen molar-refractivity contribution in [1.29, 1.82) is 0 Å². The third-order valence-electron chi connectivity index (χ3n) is 5.18. The van der Waals surface area contributed by atoms with Gasteiger partial charge in [0.25, 0.3) is 5.91 Å². The minimum atomic E-state index is -3.63. The molecule has 35 heavy (non-hydrogen) atoms. The molecule has 9 nitrogen and oxygen atoms in total. The lowest BCUT2D eigenvalue weighted by molar-refractivity contribution is -0.114. The molecule has 3 N–H and O–H groups in total. The largest absolute Gasteiger partial charge is 0.497 e. The summed E-state index contributed by atoms with van der Waals surface area (Å²) < 4.78 is 31.2. The van der Waals surface area contributed by atoms with Crippen LogP contribution in [0.1, 0.15) is 15.9 Å². The lowest BCUT2D eigenvalue weighted by Gasteiger charge is -2.15. The van der Waals surface area contributed by atoms with Gasteiger partial charge in [-0.3, -0.25) is 9.59 Å². The van der Waals surface area contributed by atoms with E-state index in [2.05, 4.69) is 16.0 Å². The molecule has 0 aliphatic rings. The van der Waals surface area contributed by atoms with Crippen molar-refractivity contribution in [2.24, 2.45) is 0 Å². The highest BCUT2D eigenvalue weighted by Gasteiger charge is 2.20. The number of benzene rings is 3. The van der Waals surface area contributed by atoms with Gasteiger partial charge < -0.3 is 20.7 Å².